The van der Waals surface area contributed by atoms with Gasteiger partial charge in [0.05, 0.1) is 34.5 Å². The molecule has 0 aromatic heterocycles. The molecule has 0 saturated heterocycles. The molecular weight excluding hydrogens is 543 g/mol. The number of anilines is 1. The second-order valence-corrected chi connectivity index (χ2v) is 11.6. The average Bonchev–Trinajstić information content (AvgIpc) is 3.36. The zero-order valence-electron chi connectivity index (χ0n) is 21.7. The fourth-order valence-electron chi connectivity index (χ4n) is 4.25. The number of thiocarbonyl (C=S) groups is 1. The molecule has 2 aromatic carbocycles. The van der Waals surface area contributed by atoms with Crippen LogP contribution in [0.1, 0.15) is 31.9 Å². The summed E-state index contributed by atoms with van der Waals surface area (Å²) in [7, 11) is 2.52. The minimum absolute atomic E-state index is 0.144. The largest absolute Gasteiger partial charge is 0.484 e. The molecule has 38 heavy (non-hydrogen) atoms. The molecular formula is C28H27NO6S3. The third-order valence-electron chi connectivity index (χ3n) is 6.24. The number of esters is 2. The van der Waals surface area contributed by atoms with Gasteiger partial charge in [0.25, 0.3) is 5.91 Å². The van der Waals surface area contributed by atoms with E-state index in [4.69, 9.17) is 26.4 Å². The van der Waals surface area contributed by atoms with Crippen molar-refractivity contribution in [2.24, 2.45) is 0 Å². The molecule has 10 heteroatoms. The van der Waals surface area contributed by atoms with Gasteiger partial charge in [0.2, 0.25) is 0 Å². The van der Waals surface area contributed by atoms with Gasteiger partial charge in [-0.25, -0.2) is 9.59 Å². The van der Waals surface area contributed by atoms with Crippen molar-refractivity contribution in [2.45, 2.75) is 32.7 Å². The maximum atomic E-state index is 13.6. The Morgan fingerprint density at radius 1 is 0.921 bits per heavy atom. The van der Waals surface area contributed by atoms with Crippen LogP contribution in [0, 0.1) is 0 Å². The summed E-state index contributed by atoms with van der Waals surface area (Å²) in [6, 6.07) is 15.1. The predicted octanol–water partition coefficient (Wildman–Crippen LogP) is 5.53. The number of hydrogen-bond donors (Lipinski definition) is 0. The predicted molar refractivity (Wildman–Crippen MR) is 155 cm³/mol. The summed E-state index contributed by atoms with van der Waals surface area (Å²) < 4.78 is 16.3. The summed E-state index contributed by atoms with van der Waals surface area (Å²) in [6.45, 7) is 5.66. The standard InChI is InChI=1S/C28H27NO6S3/c1-6-16-11-13-17(14-12-16)35-15-20(30)29-19-10-8-7-9-18(19)21(24(36)28(29,2)3)27-37-22(25(31)33-4)23(38-27)26(32)34-5/h7-14H,6,15H2,1-5H3. The minimum Gasteiger partial charge on any atom is -0.484 e. The van der Waals surface area contributed by atoms with E-state index in [0.717, 1.165) is 35.5 Å². The smallest absolute Gasteiger partial charge is 0.346 e. The first kappa shape index (κ1) is 27.9. The van der Waals surface area contributed by atoms with Gasteiger partial charge in [0.1, 0.15) is 15.6 Å². The highest BCUT2D eigenvalue weighted by Gasteiger charge is 2.46. The lowest BCUT2D eigenvalue weighted by atomic mass is 9.83. The molecule has 0 bridgehead atoms. The van der Waals surface area contributed by atoms with Crippen LogP contribution in [0.3, 0.4) is 0 Å². The Bertz CT molecular complexity index is 1350. The highest BCUT2D eigenvalue weighted by atomic mass is 32.2. The number of rotatable bonds is 6. The molecule has 4 rings (SSSR count). The topological polar surface area (TPSA) is 82.1 Å². The first-order valence-corrected chi connectivity index (χ1v) is 13.9. The van der Waals surface area contributed by atoms with E-state index in [-0.39, 0.29) is 22.3 Å². The van der Waals surface area contributed by atoms with E-state index in [1.54, 1.807) is 4.90 Å². The van der Waals surface area contributed by atoms with Gasteiger partial charge in [0.15, 0.2) is 6.61 Å². The molecule has 2 heterocycles. The van der Waals surface area contributed by atoms with E-state index in [1.807, 2.05) is 62.4 Å². The number of thioether (sulfide) groups is 2. The zero-order valence-corrected chi connectivity index (χ0v) is 24.1. The van der Waals surface area contributed by atoms with Crippen molar-refractivity contribution in [2.75, 3.05) is 25.7 Å². The number of aryl methyl sites for hydroxylation is 1. The van der Waals surface area contributed by atoms with Gasteiger partial charge in [-0.1, -0.05) is 73.0 Å². The number of methoxy groups -OCH3 is 2. The third-order valence-corrected chi connectivity index (χ3v) is 9.50. The molecule has 0 radical (unpaired) electrons. The molecule has 0 fully saturated rings. The van der Waals surface area contributed by atoms with E-state index in [2.05, 4.69) is 6.92 Å². The molecule has 2 aliphatic heterocycles. The fourth-order valence-corrected chi connectivity index (χ4v) is 7.28. The van der Waals surface area contributed by atoms with E-state index in [9.17, 15) is 14.4 Å². The lowest BCUT2D eigenvalue weighted by Crippen LogP contribution is -2.57. The Hall–Kier alpha value is -3.08. The first-order valence-electron chi connectivity index (χ1n) is 11.8. The highest BCUT2D eigenvalue weighted by molar-refractivity contribution is 8.29. The van der Waals surface area contributed by atoms with Crippen LogP contribution < -0.4 is 9.64 Å². The van der Waals surface area contributed by atoms with Gasteiger partial charge in [-0.2, -0.15) is 0 Å². The van der Waals surface area contributed by atoms with Crippen molar-refractivity contribution < 1.29 is 28.6 Å². The molecule has 2 aliphatic rings. The Morgan fingerprint density at radius 3 is 2.05 bits per heavy atom. The zero-order chi connectivity index (χ0) is 27.6. The van der Waals surface area contributed by atoms with Crippen molar-refractivity contribution in [1.82, 2.24) is 0 Å². The van der Waals surface area contributed by atoms with Gasteiger partial charge in [-0.05, 0) is 44.0 Å². The number of carbonyl (C=O) groups excluding carboxylic acids is 3. The third kappa shape index (κ3) is 5.12. The normalized spacial score (nSPS) is 16.3. The quantitative estimate of drug-likeness (QED) is 0.253. The van der Waals surface area contributed by atoms with Crippen molar-refractivity contribution in [3.05, 3.63) is 73.7 Å². The number of benzene rings is 2. The summed E-state index contributed by atoms with van der Waals surface area (Å²) in [5.74, 6) is -0.897. The van der Waals surface area contributed by atoms with E-state index in [0.29, 0.717) is 26.1 Å². The number of nitrogens with zero attached hydrogens (tertiary/aromatic N) is 1. The summed E-state index contributed by atoms with van der Waals surface area (Å²) in [6.07, 6.45) is 0.918. The van der Waals surface area contributed by atoms with Crippen LogP contribution in [0.5, 0.6) is 5.75 Å². The molecule has 1 amide bonds. The number of hydrogen-bond acceptors (Lipinski definition) is 9. The van der Waals surface area contributed by atoms with Crippen LogP contribution in [0.25, 0.3) is 5.57 Å². The average molecular weight is 570 g/mol. The summed E-state index contributed by atoms with van der Waals surface area (Å²) in [4.78, 5) is 40.9. The van der Waals surface area contributed by atoms with E-state index >= 15 is 0 Å². The van der Waals surface area contributed by atoms with E-state index < -0.39 is 17.5 Å². The van der Waals surface area contributed by atoms with Crippen LogP contribution in [-0.2, 0) is 30.3 Å². The van der Waals surface area contributed by atoms with Crippen molar-refractivity contribution in [3.8, 4) is 5.75 Å². The van der Waals surface area contributed by atoms with Gasteiger partial charge < -0.3 is 14.2 Å². The molecule has 2 aromatic rings. The Kier molecular flexibility index (Phi) is 8.34. The van der Waals surface area contributed by atoms with Crippen LogP contribution in [0.15, 0.2) is 62.6 Å². The van der Waals surface area contributed by atoms with Crippen LogP contribution in [-0.4, -0.2) is 49.1 Å². The summed E-state index contributed by atoms with van der Waals surface area (Å²) in [5, 5.41) is 0. The maximum Gasteiger partial charge on any atom is 0.346 e. The molecule has 0 atom stereocenters. The molecule has 0 aliphatic carbocycles. The molecule has 7 nitrogen and oxygen atoms in total. The molecule has 0 spiro atoms. The second-order valence-electron chi connectivity index (χ2n) is 8.93. The molecule has 0 unspecified atom stereocenters. The Morgan fingerprint density at radius 2 is 1.50 bits per heavy atom. The van der Waals surface area contributed by atoms with Crippen LogP contribution in [0.2, 0.25) is 0 Å². The number of carbonyl (C=O) groups is 3. The lowest BCUT2D eigenvalue weighted by Gasteiger charge is -2.45. The number of amides is 1. The van der Waals surface area contributed by atoms with E-state index in [1.165, 1.54) is 19.8 Å². The van der Waals surface area contributed by atoms with Crippen molar-refractivity contribution >= 4 is 69.7 Å². The summed E-state index contributed by atoms with van der Waals surface area (Å²) in [5.41, 5.74) is 2.36. The minimum atomic E-state index is -0.904. The molecule has 0 N–H and O–H groups in total. The van der Waals surface area contributed by atoms with Crippen molar-refractivity contribution in [3.63, 3.8) is 0 Å². The fraction of sp³-hybridized carbons (Fsp3) is 0.286. The lowest BCUT2D eigenvalue weighted by molar-refractivity contribution is -0.138. The van der Waals surface area contributed by atoms with Gasteiger partial charge in [-0.3, -0.25) is 9.69 Å². The Balaban J connectivity index is 1.71. The van der Waals surface area contributed by atoms with Gasteiger partial charge in [-0.15, -0.1) is 0 Å². The Labute approximate surface area is 235 Å². The molecule has 198 valence electrons. The second kappa shape index (κ2) is 11.3. The maximum absolute atomic E-state index is 13.6. The number of fused-ring (bicyclic) bond motifs is 1. The number of para-hydroxylation sites is 1. The van der Waals surface area contributed by atoms with Gasteiger partial charge in [0, 0.05) is 11.1 Å². The SMILES string of the molecule is CCc1ccc(OCC(=O)N2c3ccccc3C(=C3SC(C(=O)OC)=C(C(=O)OC)S3)C(=S)C2(C)C)cc1. The van der Waals surface area contributed by atoms with Crippen LogP contribution in [0.4, 0.5) is 5.69 Å². The van der Waals surface area contributed by atoms with Gasteiger partial charge >= 0.3 is 11.9 Å². The monoisotopic (exact) mass is 569 g/mol. The number of ether oxygens (including phenoxy) is 3. The first-order chi connectivity index (χ1) is 18.1. The summed E-state index contributed by atoms with van der Waals surface area (Å²) >= 11 is 8.22. The van der Waals surface area contributed by atoms with Crippen molar-refractivity contribution in [1.29, 1.82) is 0 Å². The van der Waals surface area contributed by atoms with Crippen LogP contribution >= 0.6 is 35.7 Å². The highest BCUT2D eigenvalue weighted by Crippen LogP contribution is 2.56. The molecule has 0 saturated carbocycles.